The molecule has 1 heterocycles. The third-order valence-electron chi connectivity index (χ3n) is 2.64. The van der Waals surface area contributed by atoms with E-state index in [4.69, 9.17) is 10.6 Å². The van der Waals surface area contributed by atoms with Crippen molar-refractivity contribution in [3.05, 3.63) is 10.4 Å². The predicted octanol–water partition coefficient (Wildman–Crippen LogP) is -2.19. The van der Waals surface area contributed by atoms with Crippen LogP contribution in [0.5, 0.6) is 0 Å². The molecule has 5 atom stereocenters. The molecule has 1 amide bonds. The maximum atomic E-state index is 12.9. The Hall–Kier alpha value is -1.56. The van der Waals surface area contributed by atoms with Crippen LogP contribution in [0.25, 0.3) is 10.4 Å². The lowest BCUT2D eigenvalue weighted by molar-refractivity contribution is -0.254. The Labute approximate surface area is 110 Å². The summed E-state index contributed by atoms with van der Waals surface area (Å²) in [5.74, 6) is -2.09. The van der Waals surface area contributed by atoms with Gasteiger partial charge >= 0.3 is 6.05 Å². The molecule has 114 valence electrons. The molecular weight excluding hydrogens is 286 g/mol. The van der Waals surface area contributed by atoms with Gasteiger partial charge in [-0.1, -0.05) is 0 Å². The Balaban J connectivity index is 2.81. The van der Waals surface area contributed by atoms with Crippen molar-refractivity contribution >= 4 is 5.91 Å². The van der Waals surface area contributed by atoms with Crippen LogP contribution in [-0.2, 0) is 9.53 Å². The quantitative estimate of drug-likeness (QED) is 0.171. The molecule has 10 nitrogen and oxygen atoms in total. The summed E-state index contributed by atoms with van der Waals surface area (Å²) >= 11 is 0. The highest BCUT2D eigenvalue weighted by atomic mass is 19.3. The van der Waals surface area contributed by atoms with Gasteiger partial charge in [0.1, 0.15) is 24.4 Å². The van der Waals surface area contributed by atoms with Gasteiger partial charge in [-0.3, -0.25) is 4.79 Å². The van der Waals surface area contributed by atoms with Crippen LogP contribution in [0.3, 0.4) is 0 Å². The Kier molecular flexibility index (Phi) is 5.16. The number of halogens is 2. The number of nitrogens with one attached hydrogen (secondary N) is 1. The van der Waals surface area contributed by atoms with E-state index in [-0.39, 0.29) is 0 Å². The monoisotopic (exact) mass is 298 g/mol. The maximum absolute atomic E-state index is 12.9. The fourth-order valence-corrected chi connectivity index (χ4v) is 1.59. The fraction of sp³-hybridized carbons (Fsp3) is 0.875. The number of nitrogens with zero attached hydrogens (tertiary/aromatic N) is 3. The van der Waals surface area contributed by atoms with E-state index in [9.17, 15) is 28.9 Å². The number of carbonyl (C=O) groups is 1. The molecular formula is C8H12F2N4O6. The molecule has 1 rings (SSSR count). The van der Waals surface area contributed by atoms with Gasteiger partial charge < -0.3 is 30.5 Å². The molecule has 0 saturated carbocycles. The summed E-state index contributed by atoms with van der Waals surface area (Å²) in [6, 6.07) is -6.23. The van der Waals surface area contributed by atoms with E-state index < -0.39 is 49.2 Å². The topological polar surface area (TPSA) is 168 Å². The number of carbonyl (C=O) groups excluding carboxylic acids is 1. The second kappa shape index (κ2) is 6.26. The van der Waals surface area contributed by atoms with E-state index >= 15 is 0 Å². The number of azide groups is 1. The van der Waals surface area contributed by atoms with Crippen LogP contribution < -0.4 is 5.32 Å². The molecule has 0 aromatic heterocycles. The molecule has 0 radical (unpaired) electrons. The highest BCUT2D eigenvalue weighted by Crippen LogP contribution is 2.22. The van der Waals surface area contributed by atoms with Gasteiger partial charge in [0.2, 0.25) is 0 Å². The summed E-state index contributed by atoms with van der Waals surface area (Å²) in [7, 11) is 0. The molecule has 3 unspecified atom stereocenters. The van der Waals surface area contributed by atoms with Gasteiger partial charge in [0.05, 0.1) is 6.61 Å². The summed E-state index contributed by atoms with van der Waals surface area (Å²) in [5.41, 5.74) is 7.88. The van der Waals surface area contributed by atoms with Crippen molar-refractivity contribution < 1.29 is 38.7 Å². The van der Waals surface area contributed by atoms with Gasteiger partial charge in [0.25, 0.3) is 5.91 Å². The van der Waals surface area contributed by atoms with Crippen molar-refractivity contribution in [2.45, 2.75) is 36.7 Å². The van der Waals surface area contributed by atoms with Gasteiger partial charge in [-0.25, -0.2) is 0 Å². The summed E-state index contributed by atoms with van der Waals surface area (Å²) in [5, 5.41) is 40.7. The molecule has 1 aliphatic heterocycles. The number of ether oxygens (including phenoxy) is 1. The molecule has 0 spiro atoms. The fourth-order valence-electron chi connectivity index (χ4n) is 1.59. The van der Waals surface area contributed by atoms with E-state index in [1.165, 1.54) is 5.32 Å². The van der Waals surface area contributed by atoms with Crippen LogP contribution in [0.4, 0.5) is 8.78 Å². The van der Waals surface area contributed by atoms with Crippen LogP contribution in [-0.4, -0.2) is 69.6 Å². The summed E-state index contributed by atoms with van der Waals surface area (Å²) in [6.45, 7) is -0.745. The van der Waals surface area contributed by atoms with Crippen LogP contribution in [0.1, 0.15) is 0 Å². The van der Waals surface area contributed by atoms with Crippen molar-refractivity contribution in [3.8, 4) is 0 Å². The SMILES string of the molecule is [N-]=[N+]=NC(F)(F)C(=O)NC1C(O)[C@@H](O)C(CO)O[C@H]1O. The average Bonchev–Trinajstić information content (AvgIpc) is 2.38. The van der Waals surface area contributed by atoms with E-state index in [0.717, 1.165) is 0 Å². The number of alkyl halides is 2. The lowest BCUT2D eigenvalue weighted by atomic mass is 9.97. The molecule has 0 bridgehead atoms. The largest absolute Gasteiger partial charge is 0.401 e. The number of rotatable bonds is 4. The van der Waals surface area contributed by atoms with E-state index in [2.05, 4.69) is 4.74 Å². The van der Waals surface area contributed by atoms with Crippen LogP contribution in [0.15, 0.2) is 5.11 Å². The van der Waals surface area contributed by atoms with Crippen molar-refractivity contribution in [3.63, 3.8) is 0 Å². The Bertz CT molecular complexity index is 418. The second-order valence-electron chi connectivity index (χ2n) is 3.96. The highest BCUT2D eigenvalue weighted by molar-refractivity contribution is 5.83. The number of aliphatic hydroxyl groups is 4. The average molecular weight is 298 g/mol. The molecule has 1 aliphatic rings. The number of hydrogen-bond donors (Lipinski definition) is 5. The first kappa shape index (κ1) is 16.5. The van der Waals surface area contributed by atoms with Gasteiger partial charge in [0, 0.05) is 4.91 Å². The van der Waals surface area contributed by atoms with Gasteiger partial charge in [-0.2, -0.15) is 8.78 Å². The number of aliphatic hydroxyl groups excluding tert-OH is 4. The molecule has 0 aromatic rings. The third kappa shape index (κ3) is 3.30. The first-order chi connectivity index (χ1) is 9.24. The van der Waals surface area contributed by atoms with E-state index in [1.807, 2.05) is 5.11 Å². The number of hydrogen-bond acceptors (Lipinski definition) is 7. The molecule has 20 heavy (non-hydrogen) atoms. The van der Waals surface area contributed by atoms with Crippen molar-refractivity contribution in [2.24, 2.45) is 5.11 Å². The van der Waals surface area contributed by atoms with Crippen molar-refractivity contribution in [1.82, 2.24) is 5.32 Å². The zero-order valence-electron chi connectivity index (χ0n) is 9.80. The highest BCUT2D eigenvalue weighted by Gasteiger charge is 2.47. The third-order valence-corrected chi connectivity index (χ3v) is 2.64. The molecule has 1 fully saturated rings. The molecule has 5 N–H and O–H groups in total. The predicted molar refractivity (Wildman–Crippen MR) is 56.0 cm³/mol. The minimum Gasteiger partial charge on any atom is -0.394 e. The first-order valence-electron chi connectivity index (χ1n) is 5.30. The van der Waals surface area contributed by atoms with E-state index in [0.29, 0.717) is 0 Å². The zero-order chi connectivity index (χ0) is 15.5. The smallest absolute Gasteiger partial charge is 0.394 e. The van der Waals surface area contributed by atoms with Crippen LogP contribution >= 0.6 is 0 Å². The Morgan fingerprint density at radius 2 is 2.00 bits per heavy atom. The number of amides is 1. The normalized spacial score (nSPS) is 34.2. The molecule has 12 heteroatoms. The second-order valence-corrected chi connectivity index (χ2v) is 3.96. The summed E-state index contributed by atoms with van der Waals surface area (Å²) < 4.78 is 30.5. The van der Waals surface area contributed by atoms with Crippen LogP contribution in [0.2, 0.25) is 0 Å². The molecule has 0 aliphatic carbocycles. The summed E-state index contributed by atoms with van der Waals surface area (Å²) in [4.78, 5) is 12.9. The molecule has 0 aromatic carbocycles. The first-order valence-corrected chi connectivity index (χ1v) is 5.30. The van der Waals surface area contributed by atoms with Crippen LogP contribution in [0, 0.1) is 0 Å². The Morgan fingerprint density at radius 1 is 1.40 bits per heavy atom. The summed E-state index contributed by atoms with van der Waals surface area (Å²) in [6.07, 6.45) is -6.88. The van der Waals surface area contributed by atoms with Crippen molar-refractivity contribution in [2.75, 3.05) is 6.61 Å². The zero-order valence-corrected chi connectivity index (χ0v) is 9.80. The van der Waals surface area contributed by atoms with Gasteiger partial charge in [-0.15, -0.1) is 0 Å². The van der Waals surface area contributed by atoms with E-state index in [1.54, 1.807) is 4.91 Å². The molecule has 1 saturated heterocycles. The maximum Gasteiger partial charge on any atom is 0.401 e. The standard InChI is InChI=1S/C8H12F2N4O6/c9-8(10,13-14-11)7(19)12-3-5(17)4(16)2(1-15)20-6(3)18/h2-6,15-18H,1H2,(H,12,19)/t2?,3?,4-,5?,6+/m0/s1. The Morgan fingerprint density at radius 3 is 2.50 bits per heavy atom. The minimum absolute atomic E-state index is 0.745. The van der Waals surface area contributed by atoms with Gasteiger partial charge in [-0.05, 0) is 10.6 Å². The lowest BCUT2D eigenvalue weighted by Crippen LogP contribution is -2.65. The lowest BCUT2D eigenvalue weighted by Gasteiger charge is -2.40. The minimum atomic E-state index is -4.44. The van der Waals surface area contributed by atoms with Crippen molar-refractivity contribution in [1.29, 1.82) is 0 Å². The van der Waals surface area contributed by atoms with Gasteiger partial charge in [0.15, 0.2) is 6.29 Å².